The van der Waals surface area contributed by atoms with Crippen molar-refractivity contribution in [2.45, 2.75) is 33.2 Å². The third-order valence-corrected chi connectivity index (χ3v) is 7.04. The first-order valence-electron chi connectivity index (χ1n) is 11.7. The zero-order chi connectivity index (χ0) is 24.5. The molecule has 3 aromatic rings. The minimum Gasteiger partial charge on any atom is -0.454 e. The molecule has 8 nitrogen and oxygen atoms in total. The van der Waals surface area contributed by atoms with E-state index in [1.54, 1.807) is 18.2 Å². The van der Waals surface area contributed by atoms with Crippen molar-refractivity contribution in [3.8, 4) is 11.5 Å². The molecule has 0 saturated carbocycles. The molecule has 0 unspecified atom stereocenters. The molecule has 1 aromatic heterocycles. The second-order valence-corrected chi connectivity index (χ2v) is 9.33. The van der Waals surface area contributed by atoms with Gasteiger partial charge in [0.05, 0.1) is 17.8 Å². The minimum absolute atomic E-state index is 0.0416. The standard InChI is InChI=1S/C26H27ClN4O4/c1-16-24(17(2)31(29-16)14-19-5-3-4-6-21(19)27)26(33)30-11-9-18(10-12-30)25(32)28-20-7-8-22-23(13-20)35-15-34-22/h3-8,13,18H,9-12,14-15H2,1-2H3,(H,28,32). The zero-order valence-electron chi connectivity index (χ0n) is 19.7. The maximum Gasteiger partial charge on any atom is 0.257 e. The number of ether oxygens (including phenoxy) is 2. The van der Waals surface area contributed by atoms with Crippen molar-refractivity contribution in [3.63, 3.8) is 0 Å². The summed E-state index contributed by atoms with van der Waals surface area (Å²) in [7, 11) is 0. The van der Waals surface area contributed by atoms with Gasteiger partial charge in [-0.2, -0.15) is 5.10 Å². The second-order valence-electron chi connectivity index (χ2n) is 8.92. The van der Waals surface area contributed by atoms with Crippen molar-refractivity contribution in [1.82, 2.24) is 14.7 Å². The first-order valence-corrected chi connectivity index (χ1v) is 12.1. The number of halogens is 1. The number of aromatic nitrogens is 2. The quantitative estimate of drug-likeness (QED) is 0.567. The highest BCUT2D eigenvalue weighted by atomic mass is 35.5. The molecule has 2 amide bonds. The number of hydrogen-bond donors (Lipinski definition) is 1. The van der Waals surface area contributed by atoms with E-state index in [1.807, 2.05) is 47.7 Å². The van der Waals surface area contributed by atoms with Crippen LogP contribution < -0.4 is 14.8 Å². The highest BCUT2D eigenvalue weighted by Crippen LogP contribution is 2.34. The number of rotatable bonds is 5. The molecule has 0 bridgehead atoms. The number of aryl methyl sites for hydroxylation is 1. The van der Waals surface area contributed by atoms with E-state index >= 15 is 0 Å². The fraction of sp³-hybridized carbons (Fsp3) is 0.346. The third kappa shape index (κ3) is 4.71. The lowest BCUT2D eigenvalue weighted by Crippen LogP contribution is -2.41. The maximum absolute atomic E-state index is 13.4. The Balaban J connectivity index is 1.21. The average molecular weight is 495 g/mol. The Morgan fingerprint density at radius 2 is 1.83 bits per heavy atom. The van der Waals surface area contributed by atoms with E-state index in [-0.39, 0.29) is 24.5 Å². The van der Waals surface area contributed by atoms with Crippen molar-refractivity contribution < 1.29 is 19.1 Å². The number of likely N-dealkylation sites (tertiary alicyclic amines) is 1. The lowest BCUT2D eigenvalue weighted by Gasteiger charge is -2.31. The van der Waals surface area contributed by atoms with Gasteiger partial charge < -0.3 is 19.7 Å². The van der Waals surface area contributed by atoms with Crippen molar-refractivity contribution in [3.05, 3.63) is 70.0 Å². The minimum atomic E-state index is -0.158. The van der Waals surface area contributed by atoms with E-state index in [4.69, 9.17) is 21.1 Å². The largest absolute Gasteiger partial charge is 0.454 e. The summed E-state index contributed by atoms with van der Waals surface area (Å²) in [4.78, 5) is 28.0. The molecule has 0 atom stereocenters. The number of piperidine rings is 1. The number of amides is 2. The number of carbonyl (C=O) groups excluding carboxylic acids is 2. The van der Waals surface area contributed by atoms with Gasteiger partial charge in [-0.15, -0.1) is 0 Å². The molecule has 0 radical (unpaired) electrons. The maximum atomic E-state index is 13.4. The van der Waals surface area contributed by atoms with Gasteiger partial charge in [0, 0.05) is 41.5 Å². The summed E-state index contributed by atoms with van der Waals surface area (Å²) < 4.78 is 12.5. The van der Waals surface area contributed by atoms with Crippen LogP contribution in [0, 0.1) is 19.8 Å². The van der Waals surface area contributed by atoms with Crippen molar-refractivity contribution >= 4 is 29.1 Å². The van der Waals surface area contributed by atoms with Crippen LogP contribution in [0.3, 0.4) is 0 Å². The zero-order valence-corrected chi connectivity index (χ0v) is 20.5. The Labute approximate surface area is 208 Å². The number of nitrogens with one attached hydrogen (secondary N) is 1. The van der Waals surface area contributed by atoms with Gasteiger partial charge in [0.15, 0.2) is 11.5 Å². The van der Waals surface area contributed by atoms with Crippen molar-refractivity contribution in [2.75, 3.05) is 25.2 Å². The lowest BCUT2D eigenvalue weighted by molar-refractivity contribution is -0.121. The normalized spacial score (nSPS) is 15.3. The molecular formula is C26H27ClN4O4. The van der Waals surface area contributed by atoms with Gasteiger partial charge in [0.25, 0.3) is 5.91 Å². The van der Waals surface area contributed by atoms with E-state index in [2.05, 4.69) is 10.4 Å². The van der Waals surface area contributed by atoms with Crippen LogP contribution in [-0.4, -0.2) is 46.4 Å². The van der Waals surface area contributed by atoms with Crippen molar-refractivity contribution in [1.29, 1.82) is 0 Å². The summed E-state index contributed by atoms with van der Waals surface area (Å²) in [6.45, 7) is 5.50. The van der Waals surface area contributed by atoms with E-state index in [0.29, 0.717) is 65.9 Å². The predicted molar refractivity (Wildman–Crippen MR) is 132 cm³/mol. The fourth-order valence-corrected chi connectivity index (χ4v) is 4.87. The lowest BCUT2D eigenvalue weighted by atomic mass is 9.95. The molecular weight excluding hydrogens is 468 g/mol. The van der Waals surface area contributed by atoms with Crippen LogP contribution in [0.5, 0.6) is 11.5 Å². The molecule has 0 aliphatic carbocycles. The van der Waals surface area contributed by atoms with E-state index < -0.39 is 0 Å². The smallest absolute Gasteiger partial charge is 0.257 e. The first kappa shape index (κ1) is 23.2. The number of fused-ring (bicyclic) bond motifs is 1. The average Bonchev–Trinajstić information content (AvgIpc) is 3.43. The molecule has 3 heterocycles. The predicted octanol–water partition coefficient (Wildman–Crippen LogP) is 4.42. The Hall–Kier alpha value is -3.52. The van der Waals surface area contributed by atoms with E-state index in [0.717, 1.165) is 11.3 Å². The van der Waals surface area contributed by atoms with Gasteiger partial charge in [0.2, 0.25) is 12.7 Å². The summed E-state index contributed by atoms with van der Waals surface area (Å²) in [6, 6.07) is 13.0. The van der Waals surface area contributed by atoms with Gasteiger partial charge in [-0.1, -0.05) is 29.8 Å². The van der Waals surface area contributed by atoms with Gasteiger partial charge in [-0.3, -0.25) is 14.3 Å². The summed E-state index contributed by atoms with van der Waals surface area (Å²) in [6.07, 6.45) is 1.21. The Kier molecular flexibility index (Phi) is 6.38. The second kappa shape index (κ2) is 9.62. The van der Waals surface area contributed by atoms with Crippen LogP contribution in [0.4, 0.5) is 5.69 Å². The highest BCUT2D eigenvalue weighted by molar-refractivity contribution is 6.31. The van der Waals surface area contributed by atoms with E-state index in [9.17, 15) is 9.59 Å². The van der Waals surface area contributed by atoms with Crippen LogP contribution in [0.15, 0.2) is 42.5 Å². The molecule has 0 spiro atoms. The summed E-state index contributed by atoms with van der Waals surface area (Å²) in [5.74, 6) is 1.06. The summed E-state index contributed by atoms with van der Waals surface area (Å²) in [5, 5.41) is 8.24. The molecule has 1 saturated heterocycles. The Bertz CT molecular complexity index is 1280. The topological polar surface area (TPSA) is 85.7 Å². The molecule has 2 aliphatic rings. The van der Waals surface area contributed by atoms with Crippen LogP contribution in [0.25, 0.3) is 0 Å². The Morgan fingerprint density at radius 3 is 2.60 bits per heavy atom. The first-order chi connectivity index (χ1) is 16.9. The number of nitrogens with zero attached hydrogens (tertiary/aromatic N) is 3. The number of hydrogen-bond acceptors (Lipinski definition) is 5. The molecule has 35 heavy (non-hydrogen) atoms. The monoisotopic (exact) mass is 494 g/mol. The molecule has 1 fully saturated rings. The molecule has 182 valence electrons. The van der Waals surface area contributed by atoms with Crippen LogP contribution in [0.2, 0.25) is 5.02 Å². The van der Waals surface area contributed by atoms with Gasteiger partial charge in [0.1, 0.15) is 0 Å². The van der Waals surface area contributed by atoms with Gasteiger partial charge in [-0.25, -0.2) is 0 Å². The molecule has 2 aliphatic heterocycles. The summed E-state index contributed by atoms with van der Waals surface area (Å²) >= 11 is 6.31. The molecule has 5 rings (SSSR count). The molecule has 9 heteroatoms. The Morgan fingerprint density at radius 1 is 1.09 bits per heavy atom. The van der Waals surface area contributed by atoms with E-state index in [1.165, 1.54) is 0 Å². The van der Waals surface area contributed by atoms with Crippen LogP contribution in [0.1, 0.15) is 40.2 Å². The van der Waals surface area contributed by atoms with Gasteiger partial charge >= 0.3 is 0 Å². The van der Waals surface area contributed by atoms with Crippen molar-refractivity contribution in [2.24, 2.45) is 5.92 Å². The van der Waals surface area contributed by atoms with Crippen LogP contribution in [-0.2, 0) is 11.3 Å². The number of anilines is 1. The third-order valence-electron chi connectivity index (χ3n) is 6.67. The summed E-state index contributed by atoms with van der Waals surface area (Å²) in [5.41, 5.74) is 3.76. The van der Waals surface area contributed by atoms with Crippen LogP contribution >= 0.6 is 11.6 Å². The number of benzene rings is 2. The number of carbonyl (C=O) groups is 2. The van der Waals surface area contributed by atoms with Gasteiger partial charge in [-0.05, 0) is 50.5 Å². The molecule has 2 aromatic carbocycles. The fourth-order valence-electron chi connectivity index (χ4n) is 4.67. The molecule has 1 N–H and O–H groups in total. The SMILES string of the molecule is Cc1nn(Cc2ccccc2Cl)c(C)c1C(=O)N1CCC(C(=O)Nc2ccc3c(c2)OCO3)CC1. The highest BCUT2D eigenvalue weighted by Gasteiger charge is 2.30.